The monoisotopic (exact) mass is 330 g/mol. The molecule has 2 unspecified atom stereocenters. The molecule has 0 aliphatic rings. The van der Waals surface area contributed by atoms with Crippen molar-refractivity contribution < 1.29 is 4.74 Å². The molecule has 2 atom stereocenters. The first kappa shape index (κ1) is 17.3. The summed E-state index contributed by atoms with van der Waals surface area (Å²) in [5.41, 5.74) is 4.15. The molecule has 0 amide bonds. The average molecular weight is 330 g/mol. The predicted molar refractivity (Wildman–Crippen MR) is 105 cm³/mol. The SMILES string of the molecule is COc1ccc(C(c2ccccc2)C(C)CCc2ccccc2)cc1. The number of ether oxygens (including phenoxy) is 1. The van der Waals surface area contributed by atoms with Crippen LogP contribution in [0.25, 0.3) is 0 Å². The maximum Gasteiger partial charge on any atom is 0.118 e. The fourth-order valence-electron chi connectivity index (χ4n) is 3.53. The van der Waals surface area contributed by atoms with E-state index in [-0.39, 0.29) is 0 Å². The van der Waals surface area contributed by atoms with Gasteiger partial charge in [0.05, 0.1) is 7.11 Å². The minimum absolute atomic E-state index is 0.399. The Morgan fingerprint density at radius 2 is 1.28 bits per heavy atom. The van der Waals surface area contributed by atoms with Crippen LogP contribution in [0.5, 0.6) is 5.75 Å². The van der Waals surface area contributed by atoms with Crippen molar-refractivity contribution in [2.75, 3.05) is 7.11 Å². The van der Waals surface area contributed by atoms with Crippen LogP contribution in [-0.4, -0.2) is 7.11 Å². The summed E-state index contributed by atoms with van der Waals surface area (Å²) in [4.78, 5) is 0. The van der Waals surface area contributed by atoms with Gasteiger partial charge in [0, 0.05) is 5.92 Å². The molecule has 128 valence electrons. The van der Waals surface area contributed by atoms with E-state index in [9.17, 15) is 0 Å². The summed E-state index contributed by atoms with van der Waals surface area (Å²) in [6, 6.07) is 30.1. The molecule has 0 heterocycles. The summed E-state index contributed by atoms with van der Waals surface area (Å²) >= 11 is 0. The lowest BCUT2D eigenvalue weighted by molar-refractivity contribution is 0.414. The number of hydrogen-bond acceptors (Lipinski definition) is 1. The predicted octanol–water partition coefficient (Wildman–Crippen LogP) is 6.10. The van der Waals surface area contributed by atoms with Crippen molar-refractivity contribution in [3.05, 3.63) is 102 Å². The highest BCUT2D eigenvalue weighted by Crippen LogP contribution is 2.35. The van der Waals surface area contributed by atoms with E-state index in [1.165, 1.54) is 16.7 Å². The highest BCUT2D eigenvalue weighted by Gasteiger charge is 2.21. The molecule has 0 spiro atoms. The molecule has 0 aliphatic heterocycles. The van der Waals surface area contributed by atoms with Gasteiger partial charge < -0.3 is 4.74 Å². The molecule has 0 fully saturated rings. The molecule has 0 saturated heterocycles. The standard InChI is InChI=1S/C24H26O/c1-19(13-14-20-9-5-3-6-10-20)24(21-11-7-4-8-12-21)22-15-17-23(25-2)18-16-22/h3-12,15-19,24H,13-14H2,1-2H3. The summed E-state index contributed by atoms with van der Waals surface area (Å²) in [5, 5.41) is 0. The van der Waals surface area contributed by atoms with E-state index in [4.69, 9.17) is 4.74 Å². The molecular weight excluding hydrogens is 304 g/mol. The smallest absolute Gasteiger partial charge is 0.118 e. The second-order valence-corrected chi connectivity index (χ2v) is 6.66. The number of rotatable bonds is 7. The number of methoxy groups -OCH3 is 1. The van der Waals surface area contributed by atoms with Gasteiger partial charge >= 0.3 is 0 Å². The molecule has 0 N–H and O–H groups in total. The van der Waals surface area contributed by atoms with Crippen molar-refractivity contribution in [1.82, 2.24) is 0 Å². The molecule has 3 aromatic carbocycles. The molecule has 25 heavy (non-hydrogen) atoms. The highest BCUT2D eigenvalue weighted by molar-refractivity contribution is 5.36. The van der Waals surface area contributed by atoms with Crippen LogP contribution >= 0.6 is 0 Å². The van der Waals surface area contributed by atoms with Crippen LogP contribution in [0, 0.1) is 5.92 Å². The molecule has 0 saturated carbocycles. The van der Waals surface area contributed by atoms with Crippen molar-refractivity contribution in [2.45, 2.75) is 25.7 Å². The van der Waals surface area contributed by atoms with Gasteiger partial charge in [0.2, 0.25) is 0 Å². The Kier molecular flexibility index (Phi) is 5.90. The van der Waals surface area contributed by atoms with Crippen LogP contribution in [0.15, 0.2) is 84.9 Å². The van der Waals surface area contributed by atoms with Crippen molar-refractivity contribution in [2.24, 2.45) is 5.92 Å². The lowest BCUT2D eigenvalue weighted by atomic mass is 9.79. The normalized spacial score (nSPS) is 13.2. The molecular formula is C24H26O. The Morgan fingerprint density at radius 3 is 1.88 bits per heavy atom. The quantitative estimate of drug-likeness (QED) is 0.509. The summed E-state index contributed by atoms with van der Waals surface area (Å²) in [6.07, 6.45) is 2.27. The Labute approximate surface area is 151 Å². The maximum absolute atomic E-state index is 5.32. The van der Waals surface area contributed by atoms with Crippen LogP contribution < -0.4 is 4.74 Å². The van der Waals surface area contributed by atoms with E-state index in [1.807, 2.05) is 0 Å². The molecule has 0 aliphatic carbocycles. The lowest BCUT2D eigenvalue weighted by Gasteiger charge is -2.25. The van der Waals surface area contributed by atoms with Gasteiger partial charge in [0.1, 0.15) is 5.75 Å². The first-order valence-corrected chi connectivity index (χ1v) is 9.00. The van der Waals surface area contributed by atoms with E-state index >= 15 is 0 Å². The molecule has 0 radical (unpaired) electrons. The van der Waals surface area contributed by atoms with Crippen LogP contribution in [0.3, 0.4) is 0 Å². The van der Waals surface area contributed by atoms with Gasteiger partial charge in [0.25, 0.3) is 0 Å². The third-order valence-corrected chi connectivity index (χ3v) is 4.93. The minimum atomic E-state index is 0.399. The van der Waals surface area contributed by atoms with E-state index in [0.29, 0.717) is 11.8 Å². The average Bonchev–Trinajstić information content (AvgIpc) is 2.69. The third-order valence-electron chi connectivity index (χ3n) is 4.93. The van der Waals surface area contributed by atoms with Crippen molar-refractivity contribution in [1.29, 1.82) is 0 Å². The van der Waals surface area contributed by atoms with Gasteiger partial charge in [-0.1, -0.05) is 79.7 Å². The Hall–Kier alpha value is -2.54. The zero-order valence-electron chi connectivity index (χ0n) is 15.1. The number of aryl methyl sites for hydroxylation is 1. The van der Waals surface area contributed by atoms with Crippen molar-refractivity contribution in [3.63, 3.8) is 0 Å². The van der Waals surface area contributed by atoms with Crippen LogP contribution in [0.1, 0.15) is 36.0 Å². The van der Waals surface area contributed by atoms with Crippen molar-refractivity contribution >= 4 is 0 Å². The second kappa shape index (κ2) is 8.53. The summed E-state index contributed by atoms with van der Waals surface area (Å²) in [7, 11) is 1.71. The van der Waals surface area contributed by atoms with Gasteiger partial charge in [-0.15, -0.1) is 0 Å². The van der Waals surface area contributed by atoms with Gasteiger partial charge in [0.15, 0.2) is 0 Å². The molecule has 0 aromatic heterocycles. The van der Waals surface area contributed by atoms with Crippen LogP contribution in [0.2, 0.25) is 0 Å². The molecule has 1 nitrogen and oxygen atoms in total. The minimum Gasteiger partial charge on any atom is -0.497 e. The second-order valence-electron chi connectivity index (χ2n) is 6.66. The van der Waals surface area contributed by atoms with E-state index < -0.39 is 0 Å². The first-order valence-electron chi connectivity index (χ1n) is 9.00. The molecule has 3 aromatic rings. The highest BCUT2D eigenvalue weighted by atomic mass is 16.5. The van der Waals surface area contributed by atoms with E-state index in [2.05, 4.69) is 91.9 Å². The zero-order valence-corrected chi connectivity index (χ0v) is 15.1. The molecule has 0 bridgehead atoms. The topological polar surface area (TPSA) is 9.23 Å². The Morgan fingerprint density at radius 1 is 0.720 bits per heavy atom. The van der Waals surface area contributed by atoms with Gasteiger partial charge in [-0.05, 0) is 47.6 Å². The summed E-state index contributed by atoms with van der Waals surface area (Å²) in [6.45, 7) is 2.37. The fourth-order valence-corrected chi connectivity index (χ4v) is 3.53. The first-order chi connectivity index (χ1) is 12.3. The maximum atomic E-state index is 5.32. The van der Waals surface area contributed by atoms with Crippen molar-refractivity contribution in [3.8, 4) is 5.75 Å². The van der Waals surface area contributed by atoms with Gasteiger partial charge in [-0.25, -0.2) is 0 Å². The lowest BCUT2D eigenvalue weighted by Crippen LogP contribution is -2.12. The zero-order chi connectivity index (χ0) is 17.5. The summed E-state index contributed by atoms with van der Waals surface area (Å²) < 4.78 is 5.32. The third kappa shape index (κ3) is 4.51. The van der Waals surface area contributed by atoms with Gasteiger partial charge in [-0.3, -0.25) is 0 Å². The summed E-state index contributed by atoms with van der Waals surface area (Å²) in [5.74, 6) is 1.86. The van der Waals surface area contributed by atoms with Gasteiger partial charge in [-0.2, -0.15) is 0 Å². The molecule has 3 rings (SSSR count). The van der Waals surface area contributed by atoms with Crippen LogP contribution in [0.4, 0.5) is 0 Å². The molecule has 1 heteroatoms. The largest absolute Gasteiger partial charge is 0.497 e. The van der Waals surface area contributed by atoms with E-state index in [1.54, 1.807) is 7.11 Å². The fraction of sp³-hybridized carbons (Fsp3) is 0.250. The Bertz CT molecular complexity index is 747. The van der Waals surface area contributed by atoms with E-state index in [0.717, 1.165) is 18.6 Å². The Balaban J connectivity index is 1.82. The number of benzene rings is 3. The van der Waals surface area contributed by atoms with Crippen LogP contribution in [-0.2, 0) is 6.42 Å². The number of hydrogen-bond donors (Lipinski definition) is 0.